The summed E-state index contributed by atoms with van der Waals surface area (Å²) in [5.74, 6) is 1.76. The number of carbonyl (C=O) groups excluding carboxylic acids is 1. The number of Topliss-reactive ketones (excluding diaryl/α,β-unsaturated/α-hetero) is 1. The first kappa shape index (κ1) is 36.5. The highest BCUT2D eigenvalue weighted by molar-refractivity contribution is 9.10. The quantitative estimate of drug-likeness (QED) is 0.131. The standard InChI is InChI=1S/C42H42BrN3O7/c1-49-40-20-31(8-11-39(40)53-26-34-25-51-16-17-52-34)32-19-35(42(44)45-21-32)29-4-2-27(3-5-29)18-38(47)37-24-46(22-28-12-14-50-15-13-28)23-36(41(37)48)30-6-9-33(43)10-7-30/h2-11,19-21,23-24,28,34H,12-18,22,25-26H2,1H3,(H2,44,45)/t34-/m1/s1. The molecule has 1 atom stereocenters. The molecule has 0 saturated carbocycles. The first-order valence-electron chi connectivity index (χ1n) is 17.8. The van der Waals surface area contributed by atoms with Crippen molar-refractivity contribution in [1.82, 2.24) is 9.55 Å². The number of nitrogen functional groups attached to an aromatic ring is 1. The molecule has 4 heterocycles. The van der Waals surface area contributed by atoms with E-state index in [2.05, 4.69) is 20.9 Å². The minimum Gasteiger partial charge on any atom is -0.493 e. The van der Waals surface area contributed by atoms with Gasteiger partial charge in [0.15, 0.2) is 22.7 Å². The largest absolute Gasteiger partial charge is 0.493 e. The monoisotopic (exact) mass is 779 g/mol. The number of halogens is 1. The molecule has 5 aromatic rings. The van der Waals surface area contributed by atoms with Crippen LogP contribution in [0.2, 0.25) is 0 Å². The van der Waals surface area contributed by atoms with Crippen LogP contribution in [0.3, 0.4) is 0 Å². The molecule has 7 rings (SSSR count). The average Bonchev–Trinajstić information content (AvgIpc) is 3.19. The van der Waals surface area contributed by atoms with E-state index >= 15 is 0 Å². The Hall–Kier alpha value is -4.81. The molecular formula is C42H42BrN3O7. The SMILES string of the molecule is COc1cc(-c2cnc(N)c(-c3ccc(CC(=O)c4cn(CC5CCOCC5)cc(-c5ccc(Br)cc5)c4=O)cc3)c2)ccc1OC[C@H]1COCCO1. The van der Waals surface area contributed by atoms with E-state index in [-0.39, 0.29) is 29.3 Å². The van der Waals surface area contributed by atoms with Crippen LogP contribution in [0.4, 0.5) is 5.82 Å². The molecule has 0 aliphatic carbocycles. The van der Waals surface area contributed by atoms with E-state index in [1.807, 2.05) is 83.6 Å². The van der Waals surface area contributed by atoms with Crippen molar-refractivity contribution in [3.05, 3.63) is 117 Å². The molecule has 0 unspecified atom stereocenters. The van der Waals surface area contributed by atoms with E-state index in [1.165, 1.54) is 0 Å². The van der Waals surface area contributed by atoms with Gasteiger partial charge < -0.3 is 34.0 Å². The van der Waals surface area contributed by atoms with Crippen LogP contribution in [0.1, 0.15) is 28.8 Å². The predicted octanol–water partition coefficient (Wildman–Crippen LogP) is 7.24. The number of carbonyl (C=O) groups is 1. The Morgan fingerprint density at radius 2 is 1.60 bits per heavy atom. The van der Waals surface area contributed by atoms with Crippen LogP contribution in [0.5, 0.6) is 11.5 Å². The fourth-order valence-corrected chi connectivity index (χ4v) is 6.99. The summed E-state index contributed by atoms with van der Waals surface area (Å²) in [6.45, 7) is 4.17. The molecule has 2 fully saturated rings. The first-order valence-corrected chi connectivity index (χ1v) is 18.6. The lowest BCUT2D eigenvalue weighted by atomic mass is 9.96. The summed E-state index contributed by atoms with van der Waals surface area (Å²) in [4.78, 5) is 32.1. The van der Waals surface area contributed by atoms with Gasteiger partial charge in [0.05, 0.1) is 32.5 Å². The minimum absolute atomic E-state index is 0.0818. The summed E-state index contributed by atoms with van der Waals surface area (Å²) in [6.07, 6.45) is 7.17. The van der Waals surface area contributed by atoms with E-state index in [0.29, 0.717) is 61.8 Å². The maximum atomic E-state index is 13.8. The zero-order valence-corrected chi connectivity index (χ0v) is 31.2. The molecule has 2 aromatic heterocycles. The molecule has 2 saturated heterocycles. The number of pyridine rings is 2. The summed E-state index contributed by atoms with van der Waals surface area (Å²) < 4.78 is 31.3. The normalized spacial score (nSPS) is 16.3. The van der Waals surface area contributed by atoms with Gasteiger partial charge in [-0.2, -0.15) is 0 Å². The number of nitrogens with zero attached hydrogens (tertiary/aromatic N) is 2. The number of methoxy groups -OCH3 is 1. The van der Waals surface area contributed by atoms with Gasteiger partial charge >= 0.3 is 0 Å². The number of benzene rings is 3. The zero-order chi connectivity index (χ0) is 36.7. The molecule has 0 spiro atoms. The number of nitrogens with two attached hydrogens (primary N) is 1. The molecule has 0 amide bonds. The molecule has 10 nitrogen and oxygen atoms in total. The van der Waals surface area contributed by atoms with Crippen molar-refractivity contribution in [2.75, 3.05) is 52.5 Å². The summed E-state index contributed by atoms with van der Waals surface area (Å²) in [5, 5.41) is 0. The molecule has 274 valence electrons. The number of aromatic nitrogens is 2. The predicted molar refractivity (Wildman–Crippen MR) is 208 cm³/mol. The Morgan fingerprint density at radius 3 is 2.34 bits per heavy atom. The second-order valence-electron chi connectivity index (χ2n) is 13.4. The van der Waals surface area contributed by atoms with E-state index < -0.39 is 0 Å². The Balaban J connectivity index is 1.09. The molecule has 0 bridgehead atoms. The summed E-state index contributed by atoms with van der Waals surface area (Å²) >= 11 is 3.48. The van der Waals surface area contributed by atoms with Crippen LogP contribution in [0.15, 0.2) is 101 Å². The summed E-state index contributed by atoms with van der Waals surface area (Å²) in [7, 11) is 1.60. The van der Waals surface area contributed by atoms with Gasteiger partial charge in [0.2, 0.25) is 0 Å². The molecule has 2 aliphatic rings. The highest BCUT2D eigenvalue weighted by Gasteiger charge is 2.21. The molecule has 0 radical (unpaired) electrons. The fourth-order valence-electron chi connectivity index (χ4n) is 6.73. The second kappa shape index (κ2) is 16.9. The topological polar surface area (TPSA) is 124 Å². The van der Waals surface area contributed by atoms with Crippen molar-refractivity contribution in [2.24, 2.45) is 5.92 Å². The van der Waals surface area contributed by atoms with Gasteiger partial charge in [-0.3, -0.25) is 9.59 Å². The number of rotatable bonds is 12. The van der Waals surface area contributed by atoms with Crippen molar-refractivity contribution in [3.8, 4) is 44.9 Å². The van der Waals surface area contributed by atoms with Gasteiger partial charge in [0, 0.05) is 65.9 Å². The lowest BCUT2D eigenvalue weighted by Gasteiger charge is -2.23. The van der Waals surface area contributed by atoms with E-state index in [4.69, 9.17) is 29.4 Å². The van der Waals surface area contributed by atoms with Crippen LogP contribution in [-0.4, -0.2) is 68.2 Å². The maximum absolute atomic E-state index is 13.8. The van der Waals surface area contributed by atoms with Crippen molar-refractivity contribution < 1.29 is 28.5 Å². The van der Waals surface area contributed by atoms with Gasteiger partial charge in [0.25, 0.3) is 0 Å². The van der Waals surface area contributed by atoms with E-state index in [0.717, 1.165) is 63.9 Å². The van der Waals surface area contributed by atoms with E-state index in [1.54, 1.807) is 19.5 Å². The first-order chi connectivity index (χ1) is 25.8. The summed E-state index contributed by atoms with van der Waals surface area (Å²) in [5.41, 5.74) is 11.7. The van der Waals surface area contributed by atoms with Gasteiger partial charge in [-0.05, 0) is 71.3 Å². The third-order valence-electron chi connectivity index (χ3n) is 9.70. The number of hydrogen-bond donors (Lipinski definition) is 1. The van der Waals surface area contributed by atoms with E-state index in [9.17, 15) is 9.59 Å². The summed E-state index contributed by atoms with van der Waals surface area (Å²) in [6, 6.07) is 23.0. The van der Waals surface area contributed by atoms with Crippen LogP contribution >= 0.6 is 15.9 Å². The Labute approximate surface area is 317 Å². The average molecular weight is 781 g/mol. The Morgan fingerprint density at radius 1 is 0.868 bits per heavy atom. The number of ketones is 1. The van der Waals surface area contributed by atoms with Crippen molar-refractivity contribution >= 4 is 27.5 Å². The molecule has 2 N–H and O–H groups in total. The van der Waals surface area contributed by atoms with Crippen LogP contribution in [0, 0.1) is 5.92 Å². The molecular weight excluding hydrogens is 738 g/mol. The number of anilines is 1. The van der Waals surface area contributed by atoms with Crippen molar-refractivity contribution in [1.29, 1.82) is 0 Å². The van der Waals surface area contributed by atoms with Gasteiger partial charge in [-0.15, -0.1) is 0 Å². The Kier molecular flexibility index (Phi) is 11.7. The third kappa shape index (κ3) is 8.88. The third-order valence-corrected chi connectivity index (χ3v) is 10.2. The highest BCUT2D eigenvalue weighted by Crippen LogP contribution is 2.35. The molecule has 53 heavy (non-hydrogen) atoms. The lowest BCUT2D eigenvalue weighted by Crippen LogP contribution is -2.33. The number of ether oxygens (including phenoxy) is 5. The van der Waals surface area contributed by atoms with Crippen LogP contribution < -0.4 is 20.6 Å². The van der Waals surface area contributed by atoms with Gasteiger partial charge in [0.1, 0.15) is 18.5 Å². The van der Waals surface area contributed by atoms with Crippen LogP contribution in [0.25, 0.3) is 33.4 Å². The smallest absolute Gasteiger partial charge is 0.200 e. The Bertz CT molecular complexity index is 2110. The number of hydrogen-bond acceptors (Lipinski definition) is 9. The molecule has 2 aliphatic heterocycles. The minimum atomic E-state index is -0.267. The second-order valence-corrected chi connectivity index (χ2v) is 14.3. The lowest BCUT2D eigenvalue weighted by molar-refractivity contribution is -0.101. The van der Waals surface area contributed by atoms with Gasteiger partial charge in [-0.1, -0.05) is 58.4 Å². The molecule has 11 heteroatoms. The zero-order valence-electron chi connectivity index (χ0n) is 29.6. The highest BCUT2D eigenvalue weighted by atomic mass is 79.9. The van der Waals surface area contributed by atoms with Gasteiger partial charge in [-0.25, -0.2) is 4.98 Å². The molecule has 3 aromatic carbocycles. The van der Waals surface area contributed by atoms with Crippen molar-refractivity contribution in [3.63, 3.8) is 0 Å². The maximum Gasteiger partial charge on any atom is 0.200 e. The van der Waals surface area contributed by atoms with Crippen LogP contribution in [-0.2, 0) is 27.2 Å². The fraction of sp³-hybridized carbons (Fsp3) is 0.310. The van der Waals surface area contributed by atoms with Crippen molar-refractivity contribution in [2.45, 2.75) is 31.9 Å².